The maximum absolute atomic E-state index is 12.5. The van der Waals surface area contributed by atoms with E-state index in [-0.39, 0.29) is 40.8 Å². The van der Waals surface area contributed by atoms with E-state index in [1.807, 2.05) is 6.92 Å². The Kier molecular flexibility index (Phi) is 7.33. The summed E-state index contributed by atoms with van der Waals surface area (Å²) in [6.07, 6.45) is 6.92. The zero-order valence-corrected chi connectivity index (χ0v) is 18.0. The van der Waals surface area contributed by atoms with Crippen LogP contribution in [-0.2, 0) is 19.4 Å². The van der Waals surface area contributed by atoms with Crippen LogP contribution in [-0.4, -0.2) is 50.0 Å². The lowest BCUT2D eigenvalue weighted by Gasteiger charge is -2.33. The molecule has 160 valence electrons. The van der Waals surface area contributed by atoms with Gasteiger partial charge in [0.2, 0.25) is 11.8 Å². The second kappa shape index (κ2) is 9.74. The molecule has 2 fully saturated rings. The molecule has 0 spiro atoms. The number of carbonyl (C=O) groups is 2. The third kappa shape index (κ3) is 6.04. The van der Waals surface area contributed by atoms with Crippen LogP contribution in [0.15, 0.2) is 29.2 Å². The van der Waals surface area contributed by atoms with Crippen molar-refractivity contribution in [2.24, 2.45) is 5.92 Å². The largest absolute Gasteiger partial charge is 0.353 e. The SMILES string of the molecule is Cc1ccc(S(=O)(=O)CCC(=O)N2CCC(NC(=O)C3CCCCC3)CC2)cc1. The molecule has 6 nitrogen and oxygen atoms in total. The topological polar surface area (TPSA) is 83.6 Å². The number of amides is 2. The van der Waals surface area contributed by atoms with Crippen LogP contribution in [0.3, 0.4) is 0 Å². The molecule has 1 N–H and O–H groups in total. The maximum Gasteiger partial charge on any atom is 0.223 e. The highest BCUT2D eigenvalue weighted by Gasteiger charge is 2.28. The van der Waals surface area contributed by atoms with Crippen LogP contribution in [0.4, 0.5) is 0 Å². The van der Waals surface area contributed by atoms with Gasteiger partial charge in [0.05, 0.1) is 10.6 Å². The normalized spacial score (nSPS) is 19.1. The van der Waals surface area contributed by atoms with Gasteiger partial charge < -0.3 is 10.2 Å². The predicted octanol–water partition coefficient (Wildman–Crippen LogP) is 2.85. The average molecular weight is 421 g/mol. The minimum atomic E-state index is -3.45. The monoisotopic (exact) mass is 420 g/mol. The molecular formula is C22H32N2O4S. The van der Waals surface area contributed by atoms with Gasteiger partial charge in [0.1, 0.15) is 0 Å². The Bertz CT molecular complexity index is 806. The zero-order chi connectivity index (χ0) is 20.9. The number of hydrogen-bond donors (Lipinski definition) is 1. The molecule has 0 atom stereocenters. The third-order valence-electron chi connectivity index (χ3n) is 6.13. The Hall–Kier alpha value is -1.89. The van der Waals surface area contributed by atoms with Crippen molar-refractivity contribution in [2.75, 3.05) is 18.8 Å². The van der Waals surface area contributed by atoms with Crippen LogP contribution in [0.1, 0.15) is 56.9 Å². The molecule has 0 aromatic heterocycles. The minimum absolute atomic E-state index is 0.00465. The second-order valence-corrected chi connectivity index (χ2v) is 10.5. The van der Waals surface area contributed by atoms with E-state index in [2.05, 4.69) is 5.32 Å². The fraction of sp³-hybridized carbons (Fsp3) is 0.636. The smallest absolute Gasteiger partial charge is 0.223 e. The average Bonchev–Trinajstić information content (AvgIpc) is 2.73. The van der Waals surface area contributed by atoms with Crippen LogP contribution in [0.2, 0.25) is 0 Å². The lowest BCUT2D eigenvalue weighted by molar-refractivity contribution is -0.132. The number of nitrogens with one attached hydrogen (secondary N) is 1. The molecule has 2 amide bonds. The van der Waals surface area contributed by atoms with Crippen molar-refractivity contribution in [3.63, 3.8) is 0 Å². The van der Waals surface area contributed by atoms with Gasteiger partial charge in [-0.3, -0.25) is 9.59 Å². The first-order valence-corrected chi connectivity index (χ1v) is 12.4. The van der Waals surface area contributed by atoms with E-state index in [0.717, 1.165) is 44.1 Å². The zero-order valence-electron chi connectivity index (χ0n) is 17.2. The maximum atomic E-state index is 12.5. The molecule has 2 aliphatic rings. The molecule has 1 aromatic rings. The van der Waals surface area contributed by atoms with E-state index in [9.17, 15) is 18.0 Å². The fourth-order valence-electron chi connectivity index (χ4n) is 4.20. The summed E-state index contributed by atoms with van der Waals surface area (Å²) in [5.41, 5.74) is 0.999. The molecule has 29 heavy (non-hydrogen) atoms. The lowest BCUT2D eigenvalue weighted by atomic mass is 9.88. The van der Waals surface area contributed by atoms with Crippen molar-refractivity contribution in [2.45, 2.75) is 69.2 Å². The van der Waals surface area contributed by atoms with Crippen molar-refractivity contribution < 1.29 is 18.0 Å². The van der Waals surface area contributed by atoms with E-state index in [4.69, 9.17) is 0 Å². The molecular weight excluding hydrogens is 388 g/mol. The Morgan fingerprint density at radius 1 is 1.00 bits per heavy atom. The number of carbonyl (C=O) groups excluding carboxylic acids is 2. The van der Waals surface area contributed by atoms with Gasteiger partial charge in [0, 0.05) is 31.5 Å². The van der Waals surface area contributed by atoms with E-state index in [1.165, 1.54) is 6.42 Å². The van der Waals surface area contributed by atoms with Crippen molar-refractivity contribution in [3.8, 4) is 0 Å². The third-order valence-corrected chi connectivity index (χ3v) is 7.87. The summed E-state index contributed by atoms with van der Waals surface area (Å²) in [5, 5.41) is 3.16. The standard InChI is InChI=1S/C22H32N2O4S/c1-17-7-9-20(10-8-17)29(27,28)16-13-21(25)24-14-11-19(12-15-24)23-22(26)18-5-3-2-4-6-18/h7-10,18-19H,2-6,11-16H2,1H3,(H,23,26). The van der Waals surface area contributed by atoms with Gasteiger partial charge in [-0.15, -0.1) is 0 Å². The molecule has 1 saturated carbocycles. The summed E-state index contributed by atoms with van der Waals surface area (Å²) in [6.45, 7) is 3.04. The van der Waals surface area contributed by atoms with E-state index in [1.54, 1.807) is 29.2 Å². The first kappa shape index (κ1) is 21.8. The number of nitrogens with zero attached hydrogens (tertiary/aromatic N) is 1. The van der Waals surface area contributed by atoms with Gasteiger partial charge in [0.25, 0.3) is 0 Å². The van der Waals surface area contributed by atoms with Gasteiger partial charge in [-0.2, -0.15) is 0 Å². The van der Waals surface area contributed by atoms with Crippen molar-refractivity contribution >= 4 is 21.7 Å². The fourth-order valence-corrected chi connectivity index (χ4v) is 5.43. The number of hydrogen-bond acceptors (Lipinski definition) is 4. The number of sulfone groups is 1. The van der Waals surface area contributed by atoms with Crippen LogP contribution < -0.4 is 5.32 Å². The number of rotatable bonds is 6. The molecule has 0 bridgehead atoms. The number of likely N-dealkylation sites (tertiary alicyclic amines) is 1. The Balaban J connectivity index is 1.42. The van der Waals surface area contributed by atoms with Gasteiger partial charge >= 0.3 is 0 Å². The summed E-state index contributed by atoms with van der Waals surface area (Å²) < 4.78 is 24.9. The summed E-state index contributed by atoms with van der Waals surface area (Å²) in [6, 6.07) is 6.83. The predicted molar refractivity (Wildman–Crippen MR) is 112 cm³/mol. The van der Waals surface area contributed by atoms with Crippen LogP contribution in [0, 0.1) is 12.8 Å². The highest BCUT2D eigenvalue weighted by atomic mass is 32.2. The minimum Gasteiger partial charge on any atom is -0.353 e. The van der Waals surface area contributed by atoms with E-state index < -0.39 is 9.84 Å². The summed E-state index contributed by atoms with van der Waals surface area (Å²) in [5.74, 6) is 0.0135. The molecule has 7 heteroatoms. The first-order valence-electron chi connectivity index (χ1n) is 10.7. The molecule has 1 saturated heterocycles. The Labute approximate surface area is 174 Å². The molecule has 3 rings (SSSR count). The second-order valence-electron chi connectivity index (χ2n) is 8.38. The van der Waals surface area contributed by atoms with Crippen LogP contribution in [0.25, 0.3) is 0 Å². The Morgan fingerprint density at radius 3 is 2.24 bits per heavy atom. The molecule has 1 heterocycles. The highest BCUT2D eigenvalue weighted by molar-refractivity contribution is 7.91. The van der Waals surface area contributed by atoms with Crippen molar-refractivity contribution in [3.05, 3.63) is 29.8 Å². The van der Waals surface area contributed by atoms with Gasteiger partial charge in [-0.05, 0) is 44.7 Å². The number of aryl methyl sites for hydroxylation is 1. The number of piperidine rings is 1. The Morgan fingerprint density at radius 2 is 1.62 bits per heavy atom. The number of benzene rings is 1. The molecule has 1 aliphatic heterocycles. The molecule has 0 radical (unpaired) electrons. The molecule has 1 aromatic carbocycles. The molecule has 1 aliphatic carbocycles. The van der Waals surface area contributed by atoms with Gasteiger partial charge in [0.15, 0.2) is 9.84 Å². The van der Waals surface area contributed by atoms with Crippen molar-refractivity contribution in [1.82, 2.24) is 10.2 Å². The van der Waals surface area contributed by atoms with Crippen LogP contribution in [0.5, 0.6) is 0 Å². The van der Waals surface area contributed by atoms with Crippen molar-refractivity contribution in [1.29, 1.82) is 0 Å². The quantitative estimate of drug-likeness (QED) is 0.767. The summed E-state index contributed by atoms with van der Waals surface area (Å²) in [7, 11) is -3.45. The summed E-state index contributed by atoms with van der Waals surface area (Å²) in [4.78, 5) is 26.9. The molecule has 0 unspecified atom stereocenters. The van der Waals surface area contributed by atoms with Gasteiger partial charge in [-0.1, -0.05) is 37.0 Å². The van der Waals surface area contributed by atoms with E-state index >= 15 is 0 Å². The lowest BCUT2D eigenvalue weighted by Crippen LogP contribution is -2.48. The van der Waals surface area contributed by atoms with Crippen LogP contribution >= 0.6 is 0 Å². The summed E-state index contributed by atoms with van der Waals surface area (Å²) >= 11 is 0. The van der Waals surface area contributed by atoms with Gasteiger partial charge in [-0.25, -0.2) is 8.42 Å². The highest BCUT2D eigenvalue weighted by Crippen LogP contribution is 2.24. The van der Waals surface area contributed by atoms with E-state index in [0.29, 0.717) is 13.1 Å². The first-order chi connectivity index (χ1) is 13.8.